The minimum absolute atomic E-state index is 0.147. The number of rotatable bonds is 4. The minimum atomic E-state index is 0.147. The van der Waals surface area contributed by atoms with E-state index in [2.05, 4.69) is 65.9 Å². The molecule has 1 amide bonds. The Morgan fingerprint density at radius 2 is 1.67 bits per heavy atom. The van der Waals surface area contributed by atoms with Gasteiger partial charge in [0.2, 0.25) is 0 Å². The second-order valence-corrected chi connectivity index (χ2v) is 10.9. The van der Waals surface area contributed by atoms with Crippen LogP contribution in [0.5, 0.6) is 0 Å². The Labute approximate surface area is 202 Å². The molecule has 0 spiro atoms. The van der Waals surface area contributed by atoms with Gasteiger partial charge in [0.1, 0.15) is 0 Å². The second-order valence-electron chi connectivity index (χ2n) is 9.85. The highest BCUT2D eigenvalue weighted by molar-refractivity contribution is 8.18. The molecule has 33 heavy (non-hydrogen) atoms. The summed E-state index contributed by atoms with van der Waals surface area (Å²) < 4.78 is 2.18. The van der Waals surface area contributed by atoms with Gasteiger partial charge in [-0.1, -0.05) is 44.6 Å². The van der Waals surface area contributed by atoms with Gasteiger partial charge in [-0.3, -0.25) is 14.7 Å². The van der Waals surface area contributed by atoms with Crippen molar-refractivity contribution in [2.24, 2.45) is 4.99 Å². The largest absolute Gasteiger partial charge is 0.317 e. The number of aromatic nitrogens is 1. The van der Waals surface area contributed by atoms with Crippen molar-refractivity contribution in [3.63, 3.8) is 0 Å². The second kappa shape index (κ2) is 9.92. The number of hydrogen-bond acceptors (Lipinski definition) is 3. The zero-order valence-corrected chi connectivity index (χ0v) is 20.7. The van der Waals surface area contributed by atoms with E-state index in [1.165, 1.54) is 49.7 Å². The molecule has 1 aromatic carbocycles. The number of benzene rings is 1. The SMILES string of the molecule is Cc1ccc(-n2cccc2C=C2SC(=NC3CCCCC3)N(C3CCCCC3)C2=O)cc1C. The Hall–Kier alpha value is -2.27. The lowest BCUT2D eigenvalue weighted by Gasteiger charge is -2.31. The third-order valence-electron chi connectivity index (χ3n) is 7.47. The van der Waals surface area contributed by atoms with E-state index < -0.39 is 0 Å². The zero-order chi connectivity index (χ0) is 22.8. The minimum Gasteiger partial charge on any atom is -0.317 e. The lowest BCUT2D eigenvalue weighted by atomic mass is 9.94. The first-order valence-corrected chi connectivity index (χ1v) is 13.5. The summed E-state index contributed by atoms with van der Waals surface area (Å²) in [6.07, 6.45) is 16.2. The van der Waals surface area contributed by atoms with Crippen molar-refractivity contribution in [2.45, 2.75) is 90.1 Å². The first kappa shape index (κ1) is 22.5. The van der Waals surface area contributed by atoms with Crippen LogP contribution >= 0.6 is 11.8 Å². The number of carbonyl (C=O) groups is 1. The summed E-state index contributed by atoms with van der Waals surface area (Å²) in [5.41, 5.74) is 4.73. The van der Waals surface area contributed by atoms with E-state index in [1.807, 2.05) is 0 Å². The maximum Gasteiger partial charge on any atom is 0.267 e. The fraction of sp³-hybridized carbons (Fsp3) is 0.500. The predicted molar refractivity (Wildman–Crippen MR) is 139 cm³/mol. The Morgan fingerprint density at radius 3 is 2.39 bits per heavy atom. The van der Waals surface area contributed by atoms with Crippen LogP contribution in [0.2, 0.25) is 0 Å². The summed E-state index contributed by atoms with van der Waals surface area (Å²) in [5.74, 6) is 0.147. The highest BCUT2D eigenvalue weighted by Gasteiger charge is 2.39. The molecule has 2 heterocycles. The van der Waals surface area contributed by atoms with Gasteiger partial charge in [0, 0.05) is 23.6 Å². The Balaban J connectivity index is 1.47. The third-order valence-corrected chi connectivity index (χ3v) is 8.47. The summed E-state index contributed by atoms with van der Waals surface area (Å²) >= 11 is 1.60. The number of aliphatic imine (C=N–C) groups is 1. The molecule has 1 aromatic heterocycles. The Kier molecular flexibility index (Phi) is 6.77. The molecular weight excluding hydrogens is 426 g/mol. The quantitative estimate of drug-likeness (QED) is 0.458. The molecule has 2 saturated carbocycles. The number of amides is 1. The Bertz CT molecular complexity index is 1070. The van der Waals surface area contributed by atoms with Crippen molar-refractivity contribution in [1.82, 2.24) is 9.47 Å². The summed E-state index contributed by atoms with van der Waals surface area (Å²) in [4.78, 5) is 21.7. The van der Waals surface area contributed by atoms with Gasteiger partial charge in [0.25, 0.3) is 5.91 Å². The molecule has 4 nitrogen and oxygen atoms in total. The van der Waals surface area contributed by atoms with Gasteiger partial charge >= 0.3 is 0 Å². The predicted octanol–water partition coefficient (Wildman–Crippen LogP) is 7.03. The maximum absolute atomic E-state index is 13.7. The molecule has 0 unspecified atom stereocenters. The van der Waals surface area contributed by atoms with E-state index in [1.54, 1.807) is 11.8 Å². The number of thioether (sulfide) groups is 1. The lowest BCUT2D eigenvalue weighted by Crippen LogP contribution is -2.41. The molecule has 0 radical (unpaired) electrons. The fourth-order valence-corrected chi connectivity index (χ4v) is 6.45. The molecule has 3 fully saturated rings. The van der Waals surface area contributed by atoms with Gasteiger partial charge in [-0.2, -0.15) is 0 Å². The summed E-state index contributed by atoms with van der Waals surface area (Å²) in [5, 5.41) is 0.953. The molecule has 0 N–H and O–H groups in total. The zero-order valence-electron chi connectivity index (χ0n) is 19.9. The Morgan fingerprint density at radius 1 is 0.939 bits per heavy atom. The van der Waals surface area contributed by atoms with Crippen LogP contribution in [0.3, 0.4) is 0 Å². The monoisotopic (exact) mass is 461 g/mol. The van der Waals surface area contributed by atoms with Crippen molar-refractivity contribution in [1.29, 1.82) is 0 Å². The molecule has 3 aliphatic rings. The molecule has 5 rings (SSSR count). The average molecular weight is 462 g/mol. The van der Waals surface area contributed by atoms with Crippen molar-refractivity contribution < 1.29 is 4.79 Å². The van der Waals surface area contributed by atoms with Crippen LogP contribution in [0.1, 0.15) is 81.0 Å². The van der Waals surface area contributed by atoms with Crippen molar-refractivity contribution in [3.8, 4) is 5.69 Å². The number of nitrogens with zero attached hydrogens (tertiary/aromatic N) is 3. The van der Waals surface area contributed by atoms with Crippen LogP contribution < -0.4 is 0 Å². The van der Waals surface area contributed by atoms with Crippen LogP contribution in [0.4, 0.5) is 0 Å². The van der Waals surface area contributed by atoms with Gasteiger partial charge in [-0.15, -0.1) is 0 Å². The van der Waals surface area contributed by atoms with E-state index in [4.69, 9.17) is 4.99 Å². The van der Waals surface area contributed by atoms with Crippen LogP contribution in [-0.2, 0) is 4.79 Å². The van der Waals surface area contributed by atoms with E-state index in [0.717, 1.165) is 47.1 Å². The first-order valence-electron chi connectivity index (χ1n) is 12.7. The molecule has 0 bridgehead atoms. The summed E-state index contributed by atoms with van der Waals surface area (Å²) in [7, 11) is 0. The van der Waals surface area contributed by atoms with Crippen molar-refractivity contribution >= 4 is 28.9 Å². The molecule has 5 heteroatoms. The molecule has 2 aromatic rings. The van der Waals surface area contributed by atoms with E-state index >= 15 is 0 Å². The van der Waals surface area contributed by atoms with Gasteiger partial charge in [-0.25, -0.2) is 0 Å². The van der Waals surface area contributed by atoms with Gasteiger partial charge in [-0.05, 0) is 92.8 Å². The van der Waals surface area contributed by atoms with E-state index in [-0.39, 0.29) is 5.91 Å². The molecule has 1 saturated heterocycles. The normalized spacial score (nSPS) is 23.2. The smallest absolute Gasteiger partial charge is 0.267 e. The van der Waals surface area contributed by atoms with E-state index in [9.17, 15) is 4.79 Å². The third kappa shape index (κ3) is 4.84. The molecule has 1 aliphatic heterocycles. The van der Waals surface area contributed by atoms with E-state index in [0.29, 0.717) is 12.1 Å². The van der Waals surface area contributed by atoms with Gasteiger partial charge < -0.3 is 4.57 Å². The van der Waals surface area contributed by atoms with Crippen LogP contribution in [0, 0.1) is 13.8 Å². The molecule has 174 valence electrons. The van der Waals surface area contributed by atoms with Crippen molar-refractivity contribution in [2.75, 3.05) is 0 Å². The first-order chi connectivity index (χ1) is 16.1. The standard InChI is InChI=1S/C28H35N3OS/c1-20-15-16-25(18-21(20)2)30-17-9-14-24(30)19-26-27(32)31(23-12-7-4-8-13-23)28(33-26)29-22-10-5-3-6-11-22/h9,14-19,22-23H,3-8,10-13H2,1-2H3. The number of amidine groups is 1. The average Bonchev–Trinajstić information content (AvgIpc) is 3.41. The van der Waals surface area contributed by atoms with Crippen molar-refractivity contribution in [3.05, 3.63) is 58.3 Å². The number of carbonyl (C=O) groups excluding carboxylic acids is 1. The number of aryl methyl sites for hydroxylation is 2. The topological polar surface area (TPSA) is 37.6 Å². The highest BCUT2D eigenvalue weighted by atomic mass is 32.2. The van der Waals surface area contributed by atoms with Gasteiger partial charge in [0.05, 0.1) is 10.9 Å². The molecule has 0 atom stereocenters. The van der Waals surface area contributed by atoms with Gasteiger partial charge in [0.15, 0.2) is 5.17 Å². The molecular formula is C28H35N3OS. The maximum atomic E-state index is 13.7. The molecule has 2 aliphatic carbocycles. The summed E-state index contributed by atoms with van der Waals surface area (Å²) in [6, 6.07) is 11.4. The lowest BCUT2D eigenvalue weighted by molar-refractivity contribution is -0.124. The van der Waals surface area contributed by atoms with Crippen LogP contribution in [0.25, 0.3) is 11.8 Å². The summed E-state index contributed by atoms with van der Waals surface area (Å²) in [6.45, 7) is 4.28. The van der Waals surface area contributed by atoms with Crippen LogP contribution in [0.15, 0.2) is 46.4 Å². The number of hydrogen-bond donors (Lipinski definition) is 0. The van der Waals surface area contributed by atoms with Crippen LogP contribution in [-0.4, -0.2) is 32.6 Å². The fourth-order valence-electron chi connectivity index (χ4n) is 5.36. The highest BCUT2D eigenvalue weighted by Crippen LogP contribution is 2.38.